The van der Waals surface area contributed by atoms with E-state index in [1.54, 1.807) is 12.1 Å². The van der Waals surface area contributed by atoms with Gasteiger partial charge in [0.15, 0.2) is 0 Å². The molecule has 0 atom stereocenters. The first-order chi connectivity index (χ1) is 16.3. The fourth-order valence-corrected chi connectivity index (χ4v) is 6.39. The van der Waals surface area contributed by atoms with Crippen LogP contribution in [0.5, 0.6) is 0 Å². The average Bonchev–Trinajstić information content (AvgIpc) is 3.06. The summed E-state index contributed by atoms with van der Waals surface area (Å²) >= 11 is 6.12. The van der Waals surface area contributed by atoms with Crippen LogP contribution in [0.25, 0.3) is 0 Å². The van der Waals surface area contributed by atoms with Crippen LogP contribution in [0, 0.1) is 13.8 Å². The molecule has 2 aliphatic rings. The number of amides is 1. The number of piperidine rings is 1. The molecule has 2 aromatic rings. The van der Waals surface area contributed by atoms with Gasteiger partial charge in [0.25, 0.3) is 0 Å². The van der Waals surface area contributed by atoms with Crippen molar-refractivity contribution in [3.8, 4) is 0 Å². The van der Waals surface area contributed by atoms with E-state index in [2.05, 4.69) is 0 Å². The maximum absolute atomic E-state index is 13.1. The van der Waals surface area contributed by atoms with E-state index in [0.29, 0.717) is 29.0 Å². The fourth-order valence-electron chi connectivity index (χ4n) is 4.55. The number of halogens is 4. The summed E-state index contributed by atoms with van der Waals surface area (Å²) in [7, 11) is -3.58. The van der Waals surface area contributed by atoms with Gasteiger partial charge in [0.05, 0.1) is 17.9 Å². The molecule has 0 radical (unpaired) electrons. The molecule has 2 aromatic carbocycles. The van der Waals surface area contributed by atoms with Gasteiger partial charge in [-0.05, 0) is 54.3 Å². The molecule has 0 aliphatic carbocycles. The number of hydrogen-bond donors (Lipinski definition) is 0. The molecule has 0 saturated carbocycles. The average molecular weight is 531 g/mol. The van der Waals surface area contributed by atoms with Gasteiger partial charge in [-0.15, -0.1) is 0 Å². The number of carbonyl (C=O) groups is 1. The van der Waals surface area contributed by atoms with Gasteiger partial charge in [0.1, 0.15) is 5.60 Å². The molecule has 0 unspecified atom stereocenters. The fraction of sp³-hybridized carbons (Fsp3) is 0.458. The zero-order valence-corrected chi connectivity index (χ0v) is 20.9. The van der Waals surface area contributed by atoms with Gasteiger partial charge >= 0.3 is 12.3 Å². The molecule has 35 heavy (non-hydrogen) atoms. The number of rotatable bonds is 5. The summed E-state index contributed by atoms with van der Waals surface area (Å²) in [5.74, 6) is -0.135. The van der Waals surface area contributed by atoms with E-state index in [4.69, 9.17) is 16.3 Å². The van der Waals surface area contributed by atoms with Crippen molar-refractivity contribution in [2.75, 3.05) is 19.6 Å². The Morgan fingerprint density at radius 1 is 1.06 bits per heavy atom. The number of benzene rings is 2. The molecule has 2 heterocycles. The van der Waals surface area contributed by atoms with Crippen LogP contribution in [0.1, 0.15) is 40.7 Å². The molecular formula is C24H26ClF3N2O4S. The van der Waals surface area contributed by atoms with Gasteiger partial charge < -0.3 is 4.74 Å². The van der Waals surface area contributed by atoms with Crippen molar-refractivity contribution < 1.29 is 31.1 Å². The van der Waals surface area contributed by atoms with Crippen molar-refractivity contribution in [2.45, 2.75) is 50.8 Å². The molecule has 2 saturated heterocycles. The largest absolute Gasteiger partial charge is 0.441 e. The zero-order valence-electron chi connectivity index (χ0n) is 19.4. The summed E-state index contributed by atoms with van der Waals surface area (Å²) in [5, 5.41) is 0.590. The number of carbonyl (C=O) groups excluding carboxylic acids is 1. The van der Waals surface area contributed by atoms with Gasteiger partial charge in [-0.25, -0.2) is 17.5 Å². The van der Waals surface area contributed by atoms with Crippen molar-refractivity contribution in [1.82, 2.24) is 9.21 Å². The first-order valence-electron chi connectivity index (χ1n) is 11.2. The second kappa shape index (κ2) is 9.29. The smallest absolute Gasteiger partial charge is 0.416 e. The molecule has 6 nitrogen and oxygen atoms in total. The standard InChI is InChI=1S/C24H26ClF3N2O4S/c1-16-12-21(25)17(2)11-19(16)14-35(32,33)30-9-7-23(8-10-30)15-29(22(31)34-23)13-18-3-5-20(6-4-18)24(26,27)28/h3-6,11-12H,7-10,13-15H2,1-2H3. The molecule has 190 valence electrons. The third-order valence-corrected chi connectivity index (χ3v) is 8.91. The van der Waals surface area contributed by atoms with Gasteiger partial charge in [0.2, 0.25) is 10.0 Å². The second-order valence-corrected chi connectivity index (χ2v) is 11.7. The zero-order chi connectivity index (χ0) is 25.6. The summed E-state index contributed by atoms with van der Waals surface area (Å²) in [5.41, 5.74) is 1.32. The van der Waals surface area contributed by atoms with Gasteiger partial charge in [-0.3, -0.25) is 4.90 Å². The van der Waals surface area contributed by atoms with Crippen molar-refractivity contribution >= 4 is 27.7 Å². The van der Waals surface area contributed by atoms with Crippen LogP contribution in [-0.4, -0.2) is 49.0 Å². The van der Waals surface area contributed by atoms with Gasteiger partial charge in [-0.1, -0.05) is 29.8 Å². The van der Waals surface area contributed by atoms with Gasteiger partial charge in [0, 0.05) is 37.5 Å². The Labute approximate surface area is 207 Å². The molecule has 1 amide bonds. The molecule has 2 fully saturated rings. The lowest BCUT2D eigenvalue weighted by atomic mass is 9.92. The lowest BCUT2D eigenvalue weighted by Gasteiger charge is -2.36. The van der Waals surface area contributed by atoms with Crippen LogP contribution in [0.2, 0.25) is 5.02 Å². The van der Waals surface area contributed by atoms with Crippen LogP contribution in [-0.2, 0) is 33.2 Å². The highest BCUT2D eigenvalue weighted by molar-refractivity contribution is 7.88. The highest BCUT2D eigenvalue weighted by atomic mass is 35.5. The van der Waals surface area contributed by atoms with Crippen molar-refractivity contribution in [2.24, 2.45) is 0 Å². The molecule has 1 spiro atoms. The number of alkyl halides is 3. The molecule has 4 rings (SSSR count). The van der Waals surface area contributed by atoms with E-state index in [1.807, 2.05) is 13.8 Å². The summed E-state index contributed by atoms with van der Waals surface area (Å²) in [4.78, 5) is 13.9. The molecule has 11 heteroatoms. The molecule has 2 aliphatic heterocycles. The van der Waals surface area contributed by atoms with Gasteiger partial charge in [-0.2, -0.15) is 13.2 Å². The van der Waals surface area contributed by atoms with E-state index < -0.39 is 33.5 Å². The number of ether oxygens (including phenoxy) is 1. The lowest BCUT2D eigenvalue weighted by Crippen LogP contribution is -2.48. The van der Waals surface area contributed by atoms with Crippen molar-refractivity contribution in [3.63, 3.8) is 0 Å². The van der Waals surface area contributed by atoms with E-state index in [-0.39, 0.29) is 31.9 Å². The minimum atomic E-state index is -4.42. The summed E-state index contributed by atoms with van der Waals surface area (Å²) < 4.78 is 71.6. The van der Waals surface area contributed by atoms with Crippen LogP contribution in [0.4, 0.5) is 18.0 Å². The molecule has 0 bridgehead atoms. The van der Waals surface area contributed by atoms with Crippen LogP contribution >= 0.6 is 11.6 Å². The van der Waals surface area contributed by atoms with E-state index in [0.717, 1.165) is 23.3 Å². The molecular weight excluding hydrogens is 505 g/mol. The van der Waals surface area contributed by atoms with Crippen LogP contribution < -0.4 is 0 Å². The Morgan fingerprint density at radius 2 is 1.69 bits per heavy atom. The Balaban J connectivity index is 1.38. The quantitative estimate of drug-likeness (QED) is 0.526. The highest BCUT2D eigenvalue weighted by Gasteiger charge is 2.48. The number of hydrogen-bond acceptors (Lipinski definition) is 4. The maximum Gasteiger partial charge on any atom is 0.416 e. The monoisotopic (exact) mass is 530 g/mol. The van der Waals surface area contributed by atoms with Crippen molar-refractivity contribution in [3.05, 3.63) is 69.2 Å². The van der Waals surface area contributed by atoms with Crippen LogP contribution in [0.3, 0.4) is 0 Å². The van der Waals surface area contributed by atoms with E-state index in [1.165, 1.54) is 21.3 Å². The van der Waals surface area contributed by atoms with E-state index >= 15 is 0 Å². The third kappa shape index (κ3) is 5.59. The Hall–Kier alpha value is -2.30. The first kappa shape index (κ1) is 25.8. The predicted octanol–water partition coefficient (Wildman–Crippen LogP) is 5.29. The van der Waals surface area contributed by atoms with Crippen molar-refractivity contribution in [1.29, 1.82) is 0 Å². The number of nitrogens with zero attached hydrogens (tertiary/aromatic N) is 2. The normalized spacial score (nSPS) is 18.8. The van der Waals surface area contributed by atoms with E-state index in [9.17, 15) is 26.4 Å². The first-order valence-corrected chi connectivity index (χ1v) is 13.1. The minimum Gasteiger partial charge on any atom is -0.441 e. The maximum atomic E-state index is 13.1. The Kier molecular flexibility index (Phi) is 6.85. The highest BCUT2D eigenvalue weighted by Crippen LogP contribution is 2.36. The summed E-state index contributed by atoms with van der Waals surface area (Å²) in [6.45, 7) is 4.47. The molecule has 0 aromatic heterocycles. The lowest BCUT2D eigenvalue weighted by molar-refractivity contribution is -0.137. The summed E-state index contributed by atoms with van der Waals surface area (Å²) in [6.07, 6.45) is -4.28. The number of aryl methyl sites for hydroxylation is 2. The number of sulfonamides is 1. The Morgan fingerprint density at radius 3 is 2.29 bits per heavy atom. The minimum absolute atomic E-state index is 0.121. The third-order valence-electron chi connectivity index (χ3n) is 6.68. The predicted molar refractivity (Wildman–Crippen MR) is 125 cm³/mol. The Bertz CT molecular complexity index is 1220. The second-order valence-electron chi connectivity index (χ2n) is 9.28. The summed E-state index contributed by atoms with van der Waals surface area (Å²) in [6, 6.07) is 8.21. The van der Waals surface area contributed by atoms with Crippen LogP contribution in [0.15, 0.2) is 36.4 Å². The molecule has 0 N–H and O–H groups in total. The SMILES string of the molecule is Cc1cc(CS(=O)(=O)N2CCC3(CC2)CN(Cc2ccc(C(F)(F)F)cc2)C(=O)O3)c(C)cc1Cl. The topological polar surface area (TPSA) is 66.9 Å².